The molecule has 4 heteroatoms. The molecule has 1 aromatic heterocycles. The van der Waals surface area contributed by atoms with Gasteiger partial charge in [-0.05, 0) is 25.8 Å². The van der Waals surface area contributed by atoms with Gasteiger partial charge in [0.25, 0.3) is 0 Å². The van der Waals surface area contributed by atoms with E-state index in [2.05, 4.69) is 26.5 Å². The molecule has 0 radical (unpaired) electrons. The highest BCUT2D eigenvalue weighted by atomic mass is 16.5. The molecule has 0 spiro atoms. The number of hydrogen-bond acceptors (Lipinski definition) is 4. The summed E-state index contributed by atoms with van der Waals surface area (Å²) in [4.78, 5) is 18.7. The van der Waals surface area contributed by atoms with Crippen LogP contribution in [0, 0.1) is 18.8 Å². The summed E-state index contributed by atoms with van der Waals surface area (Å²) in [6, 6.07) is 1.76. The Balaban J connectivity index is 2.72. The minimum absolute atomic E-state index is 0.322. The molecule has 0 fully saturated rings. The zero-order chi connectivity index (χ0) is 10.4. The molecule has 0 aliphatic rings. The van der Waals surface area contributed by atoms with Crippen molar-refractivity contribution in [3.63, 3.8) is 0 Å². The molecule has 72 valence electrons. The standard InChI is InChI=1S/C10H10N2O2/c1-3-14-10(13)5-4-9-11-7-6-8(2)12-9/h6-7H,3H2,1-2H3. The molecule has 0 aliphatic heterocycles. The SMILES string of the molecule is CCOC(=O)C#Cc1nccc(C)n1. The minimum Gasteiger partial charge on any atom is -0.456 e. The van der Waals surface area contributed by atoms with Crippen molar-refractivity contribution < 1.29 is 9.53 Å². The van der Waals surface area contributed by atoms with Crippen LogP contribution in [0.2, 0.25) is 0 Å². The number of nitrogens with zero attached hydrogens (tertiary/aromatic N) is 2. The van der Waals surface area contributed by atoms with Gasteiger partial charge < -0.3 is 4.74 Å². The fourth-order valence-corrected chi connectivity index (χ4v) is 0.783. The van der Waals surface area contributed by atoms with E-state index in [1.807, 2.05) is 6.92 Å². The van der Waals surface area contributed by atoms with Crippen LogP contribution in [0.4, 0.5) is 0 Å². The van der Waals surface area contributed by atoms with E-state index in [1.165, 1.54) is 0 Å². The Kier molecular flexibility index (Phi) is 3.62. The molecule has 0 amide bonds. The van der Waals surface area contributed by atoms with E-state index in [-0.39, 0.29) is 0 Å². The lowest BCUT2D eigenvalue weighted by molar-refractivity contribution is -0.136. The van der Waals surface area contributed by atoms with Gasteiger partial charge in [-0.2, -0.15) is 0 Å². The fourth-order valence-electron chi connectivity index (χ4n) is 0.783. The maximum Gasteiger partial charge on any atom is 0.384 e. The van der Waals surface area contributed by atoms with E-state index in [0.29, 0.717) is 12.4 Å². The van der Waals surface area contributed by atoms with Crippen molar-refractivity contribution in [1.82, 2.24) is 9.97 Å². The Morgan fingerprint density at radius 1 is 1.64 bits per heavy atom. The quantitative estimate of drug-likeness (QED) is 0.483. The smallest absolute Gasteiger partial charge is 0.384 e. The summed E-state index contributed by atoms with van der Waals surface area (Å²) in [5, 5.41) is 0. The highest BCUT2D eigenvalue weighted by molar-refractivity contribution is 5.88. The van der Waals surface area contributed by atoms with E-state index < -0.39 is 5.97 Å². The monoisotopic (exact) mass is 190 g/mol. The number of rotatable bonds is 1. The highest BCUT2D eigenvalue weighted by Gasteiger charge is 1.94. The van der Waals surface area contributed by atoms with Gasteiger partial charge in [0.2, 0.25) is 5.82 Å². The lowest BCUT2D eigenvalue weighted by Gasteiger charge is -1.92. The molecule has 0 unspecified atom stereocenters. The van der Waals surface area contributed by atoms with Crippen LogP contribution in [-0.4, -0.2) is 22.5 Å². The second-order valence-electron chi connectivity index (χ2n) is 2.49. The molecular weight excluding hydrogens is 180 g/mol. The lowest BCUT2D eigenvalue weighted by Crippen LogP contribution is -2.00. The Hall–Kier alpha value is -1.89. The summed E-state index contributed by atoms with van der Waals surface area (Å²) >= 11 is 0. The topological polar surface area (TPSA) is 52.1 Å². The first-order chi connectivity index (χ1) is 6.72. The van der Waals surface area contributed by atoms with Gasteiger partial charge in [-0.25, -0.2) is 14.8 Å². The van der Waals surface area contributed by atoms with Crippen molar-refractivity contribution in [2.24, 2.45) is 0 Å². The summed E-state index contributed by atoms with van der Waals surface area (Å²) < 4.78 is 4.63. The first-order valence-corrected chi connectivity index (χ1v) is 4.21. The molecule has 0 atom stereocenters. The van der Waals surface area contributed by atoms with E-state index in [1.54, 1.807) is 19.2 Å². The van der Waals surface area contributed by atoms with Crippen LogP contribution in [0.3, 0.4) is 0 Å². The number of carbonyl (C=O) groups is 1. The van der Waals surface area contributed by atoms with Crippen molar-refractivity contribution in [2.75, 3.05) is 6.61 Å². The third-order valence-corrected chi connectivity index (χ3v) is 1.35. The lowest BCUT2D eigenvalue weighted by atomic mass is 10.4. The number of ether oxygens (including phenoxy) is 1. The number of hydrogen-bond donors (Lipinski definition) is 0. The molecule has 14 heavy (non-hydrogen) atoms. The van der Waals surface area contributed by atoms with Crippen molar-refractivity contribution >= 4 is 5.97 Å². The van der Waals surface area contributed by atoms with Gasteiger partial charge >= 0.3 is 5.97 Å². The largest absolute Gasteiger partial charge is 0.456 e. The van der Waals surface area contributed by atoms with Gasteiger partial charge in [-0.1, -0.05) is 0 Å². The molecule has 1 heterocycles. The molecule has 0 aliphatic carbocycles. The average Bonchev–Trinajstić information content (AvgIpc) is 2.15. The molecule has 0 saturated heterocycles. The Labute approximate surface area is 82.3 Å². The van der Waals surface area contributed by atoms with Gasteiger partial charge in [0, 0.05) is 17.8 Å². The van der Waals surface area contributed by atoms with Crippen LogP contribution in [0.5, 0.6) is 0 Å². The number of carbonyl (C=O) groups excluding carboxylic acids is 1. The molecule has 1 rings (SSSR count). The van der Waals surface area contributed by atoms with Crippen molar-refractivity contribution in [1.29, 1.82) is 0 Å². The summed E-state index contributed by atoms with van der Waals surface area (Å²) in [5.41, 5.74) is 0.813. The summed E-state index contributed by atoms with van der Waals surface area (Å²) in [5.74, 6) is 4.59. The molecule has 1 aromatic rings. The molecule has 0 saturated carbocycles. The molecular formula is C10H10N2O2. The number of esters is 1. The Morgan fingerprint density at radius 3 is 3.07 bits per heavy atom. The van der Waals surface area contributed by atoms with Crippen molar-refractivity contribution in [3.8, 4) is 11.8 Å². The average molecular weight is 190 g/mol. The van der Waals surface area contributed by atoms with Gasteiger partial charge in [-0.15, -0.1) is 0 Å². The second kappa shape index (κ2) is 4.97. The maximum atomic E-state index is 10.8. The summed E-state index contributed by atoms with van der Waals surface area (Å²) in [7, 11) is 0. The van der Waals surface area contributed by atoms with E-state index in [4.69, 9.17) is 0 Å². The molecule has 4 nitrogen and oxygen atoms in total. The third kappa shape index (κ3) is 3.23. The van der Waals surface area contributed by atoms with Crippen LogP contribution in [0.25, 0.3) is 0 Å². The second-order valence-corrected chi connectivity index (χ2v) is 2.49. The first kappa shape index (κ1) is 10.2. The van der Waals surface area contributed by atoms with Crippen LogP contribution in [0.15, 0.2) is 12.3 Å². The van der Waals surface area contributed by atoms with E-state index >= 15 is 0 Å². The van der Waals surface area contributed by atoms with E-state index in [0.717, 1.165) is 5.69 Å². The minimum atomic E-state index is -0.558. The first-order valence-electron chi connectivity index (χ1n) is 4.21. The fraction of sp³-hybridized carbons (Fsp3) is 0.300. The predicted molar refractivity (Wildman–Crippen MR) is 50.3 cm³/mol. The van der Waals surface area contributed by atoms with Gasteiger partial charge in [-0.3, -0.25) is 0 Å². The Bertz CT molecular complexity index is 391. The van der Waals surface area contributed by atoms with Crippen LogP contribution < -0.4 is 0 Å². The van der Waals surface area contributed by atoms with Crippen LogP contribution >= 0.6 is 0 Å². The maximum absolute atomic E-state index is 10.8. The third-order valence-electron chi connectivity index (χ3n) is 1.35. The van der Waals surface area contributed by atoms with Gasteiger partial charge in [0.15, 0.2) is 0 Å². The number of aryl methyl sites for hydroxylation is 1. The molecule has 0 bridgehead atoms. The molecule has 0 N–H and O–H groups in total. The Morgan fingerprint density at radius 2 is 2.43 bits per heavy atom. The van der Waals surface area contributed by atoms with Crippen molar-refractivity contribution in [2.45, 2.75) is 13.8 Å². The van der Waals surface area contributed by atoms with Gasteiger partial charge in [0.05, 0.1) is 6.61 Å². The highest BCUT2D eigenvalue weighted by Crippen LogP contribution is 1.90. The van der Waals surface area contributed by atoms with Crippen LogP contribution in [0.1, 0.15) is 18.4 Å². The predicted octanol–water partition coefficient (Wildman–Crippen LogP) is 0.700. The summed E-state index contributed by atoms with van der Waals surface area (Å²) in [6.45, 7) is 3.88. The normalized spacial score (nSPS) is 8.71. The van der Waals surface area contributed by atoms with E-state index in [9.17, 15) is 4.79 Å². The molecule has 0 aromatic carbocycles. The zero-order valence-electron chi connectivity index (χ0n) is 8.07. The van der Waals surface area contributed by atoms with Gasteiger partial charge in [0.1, 0.15) is 0 Å². The summed E-state index contributed by atoms with van der Waals surface area (Å²) in [6.07, 6.45) is 1.59. The number of aromatic nitrogens is 2. The van der Waals surface area contributed by atoms with Crippen molar-refractivity contribution in [3.05, 3.63) is 23.8 Å². The zero-order valence-corrected chi connectivity index (χ0v) is 8.07. The van der Waals surface area contributed by atoms with Crippen LogP contribution in [-0.2, 0) is 9.53 Å².